The van der Waals surface area contributed by atoms with Crippen molar-refractivity contribution in [2.75, 3.05) is 0 Å². The highest BCUT2D eigenvalue weighted by Crippen LogP contribution is 2.41. The smallest absolute Gasteiger partial charge is 0.271 e. The fourth-order valence-electron chi connectivity index (χ4n) is 6.43. The van der Waals surface area contributed by atoms with E-state index < -0.39 is 0 Å². The topological polar surface area (TPSA) is 39.3 Å². The van der Waals surface area contributed by atoms with Gasteiger partial charge in [0.1, 0.15) is 5.82 Å². The number of halogens is 1. The van der Waals surface area contributed by atoms with E-state index in [1.165, 1.54) is 28.5 Å². The maximum Gasteiger partial charge on any atom is 0.271 e. The molecule has 0 N–H and O–H groups in total. The molecule has 2 aromatic heterocycles. The predicted molar refractivity (Wildman–Crippen MR) is 167 cm³/mol. The van der Waals surface area contributed by atoms with Crippen LogP contribution < -0.4 is 14.9 Å². The Hall–Kier alpha value is -4.81. The van der Waals surface area contributed by atoms with Crippen molar-refractivity contribution in [2.24, 2.45) is 4.99 Å². The van der Waals surface area contributed by atoms with Gasteiger partial charge in [0.25, 0.3) is 5.56 Å². The van der Waals surface area contributed by atoms with Gasteiger partial charge in [0.2, 0.25) is 0 Å². The van der Waals surface area contributed by atoms with Crippen molar-refractivity contribution in [3.05, 3.63) is 168 Å². The van der Waals surface area contributed by atoms with Gasteiger partial charge in [0.15, 0.2) is 4.80 Å². The van der Waals surface area contributed by atoms with E-state index in [4.69, 9.17) is 4.99 Å². The molecule has 0 spiro atoms. The average Bonchev–Trinajstić information content (AvgIpc) is 3.53. The normalized spacial score (nSPS) is 16.2. The third-order valence-corrected chi connectivity index (χ3v) is 9.38. The minimum absolute atomic E-state index is 0.0380. The van der Waals surface area contributed by atoms with Crippen LogP contribution in [-0.4, -0.2) is 9.13 Å². The van der Waals surface area contributed by atoms with Gasteiger partial charge >= 0.3 is 0 Å². The zero-order chi connectivity index (χ0) is 28.2. The highest BCUT2D eigenvalue weighted by Gasteiger charge is 2.32. The minimum Gasteiger partial charge on any atom is -0.342 e. The number of benzene rings is 4. The van der Waals surface area contributed by atoms with E-state index in [0.29, 0.717) is 21.4 Å². The molecule has 6 heteroatoms. The summed E-state index contributed by atoms with van der Waals surface area (Å²) < 4.78 is 19.1. The minimum atomic E-state index is -0.225. The van der Waals surface area contributed by atoms with Gasteiger partial charge in [-0.15, -0.1) is 0 Å². The summed E-state index contributed by atoms with van der Waals surface area (Å²) >= 11 is 1.43. The molecule has 1 unspecified atom stereocenters. The summed E-state index contributed by atoms with van der Waals surface area (Å²) in [6.45, 7) is 0.405. The van der Waals surface area contributed by atoms with Crippen LogP contribution in [0.3, 0.4) is 0 Å². The van der Waals surface area contributed by atoms with Crippen molar-refractivity contribution in [1.29, 1.82) is 0 Å². The first-order chi connectivity index (χ1) is 20.7. The molecule has 4 aromatic carbocycles. The van der Waals surface area contributed by atoms with Crippen molar-refractivity contribution in [3.63, 3.8) is 0 Å². The first kappa shape index (κ1) is 24.9. The van der Waals surface area contributed by atoms with Crippen molar-refractivity contribution in [1.82, 2.24) is 9.13 Å². The Morgan fingerprint density at radius 3 is 2.52 bits per heavy atom. The van der Waals surface area contributed by atoms with Gasteiger partial charge in [0, 0.05) is 33.8 Å². The van der Waals surface area contributed by atoms with Gasteiger partial charge in [-0.2, -0.15) is 0 Å². The van der Waals surface area contributed by atoms with Crippen molar-refractivity contribution < 1.29 is 4.39 Å². The molecule has 8 rings (SSSR count). The fraction of sp³-hybridized carbons (Fsp3) is 0.111. The summed E-state index contributed by atoms with van der Waals surface area (Å²) in [5.41, 5.74) is 8.25. The molecule has 4 nitrogen and oxygen atoms in total. The summed E-state index contributed by atoms with van der Waals surface area (Å²) in [5, 5.41) is 1.02. The molecule has 0 fully saturated rings. The third-order valence-electron chi connectivity index (χ3n) is 8.39. The van der Waals surface area contributed by atoms with Gasteiger partial charge in [-0.25, -0.2) is 9.38 Å². The Labute approximate surface area is 245 Å². The zero-order valence-electron chi connectivity index (χ0n) is 22.7. The Bertz CT molecular complexity index is 2220. The third kappa shape index (κ3) is 4.02. The molecule has 1 aliphatic carbocycles. The lowest BCUT2D eigenvalue weighted by atomic mass is 9.83. The Morgan fingerprint density at radius 2 is 1.64 bits per heavy atom. The van der Waals surface area contributed by atoms with E-state index in [9.17, 15) is 9.18 Å². The van der Waals surface area contributed by atoms with Gasteiger partial charge in [0.05, 0.1) is 22.8 Å². The molecule has 2 aliphatic rings. The maximum atomic E-state index is 14.5. The lowest BCUT2D eigenvalue weighted by molar-refractivity contribution is 0.585. The van der Waals surface area contributed by atoms with Crippen LogP contribution in [0.4, 0.5) is 4.39 Å². The monoisotopic (exact) mass is 567 g/mol. The molecule has 3 heterocycles. The molecule has 0 saturated carbocycles. The van der Waals surface area contributed by atoms with E-state index in [1.807, 2.05) is 65.4 Å². The standard InChI is InChI=1S/C36H26FN3OS/c37-30-16-8-5-13-25(30)21-39-22-26(27-14-7-9-17-31(27)39)20-32-35(41)40-34(24-11-2-1-3-12-24)29-19-18-23-10-4-6-15-28(23)33(29)38-36(40)42-32/h1-17,20,22,34H,18-19,21H2. The molecule has 1 aliphatic heterocycles. The number of hydrogen-bond donors (Lipinski definition) is 0. The molecular formula is C36H26FN3OS. The summed E-state index contributed by atoms with van der Waals surface area (Å²) in [5.74, 6) is -0.225. The molecule has 0 amide bonds. The van der Waals surface area contributed by atoms with E-state index in [2.05, 4.69) is 47.0 Å². The fourth-order valence-corrected chi connectivity index (χ4v) is 7.42. The number of aromatic nitrogens is 2. The second kappa shape index (κ2) is 9.93. The Kier molecular flexibility index (Phi) is 5.90. The van der Waals surface area contributed by atoms with E-state index in [0.717, 1.165) is 46.1 Å². The van der Waals surface area contributed by atoms with Crippen molar-refractivity contribution >= 4 is 34.0 Å². The molecule has 0 radical (unpaired) electrons. The van der Waals surface area contributed by atoms with E-state index in [1.54, 1.807) is 6.07 Å². The van der Waals surface area contributed by atoms with Crippen LogP contribution in [0, 0.1) is 5.82 Å². The molecular weight excluding hydrogens is 541 g/mol. The van der Waals surface area contributed by atoms with Crippen LogP contribution in [0.5, 0.6) is 0 Å². The largest absolute Gasteiger partial charge is 0.342 e. The highest BCUT2D eigenvalue weighted by molar-refractivity contribution is 7.07. The first-order valence-corrected chi connectivity index (χ1v) is 15.0. The number of nitrogens with zero attached hydrogens (tertiary/aromatic N) is 3. The van der Waals surface area contributed by atoms with Crippen molar-refractivity contribution in [2.45, 2.75) is 25.4 Å². The number of rotatable bonds is 4. The Morgan fingerprint density at radius 1 is 0.881 bits per heavy atom. The number of allylic oxidation sites excluding steroid dienone is 1. The van der Waals surface area contributed by atoms with Gasteiger partial charge < -0.3 is 4.57 Å². The van der Waals surface area contributed by atoms with Crippen LogP contribution in [0.2, 0.25) is 0 Å². The Balaban J connectivity index is 1.32. The second-order valence-electron chi connectivity index (χ2n) is 10.8. The molecule has 0 saturated heterocycles. The van der Waals surface area contributed by atoms with Gasteiger partial charge in [-0.05, 0) is 47.8 Å². The molecule has 42 heavy (non-hydrogen) atoms. The average molecular weight is 568 g/mol. The lowest BCUT2D eigenvalue weighted by Gasteiger charge is -2.30. The van der Waals surface area contributed by atoms with Gasteiger partial charge in [-0.3, -0.25) is 9.36 Å². The van der Waals surface area contributed by atoms with Crippen LogP contribution in [0.15, 0.2) is 125 Å². The highest BCUT2D eigenvalue weighted by atomic mass is 32.1. The quantitative estimate of drug-likeness (QED) is 0.241. The number of hydrogen-bond acceptors (Lipinski definition) is 3. The molecule has 204 valence electrons. The number of para-hydroxylation sites is 1. The molecule has 1 atom stereocenters. The summed E-state index contributed by atoms with van der Waals surface area (Å²) in [7, 11) is 0. The lowest BCUT2D eigenvalue weighted by Crippen LogP contribution is -2.38. The second-order valence-corrected chi connectivity index (χ2v) is 11.9. The summed E-state index contributed by atoms with van der Waals surface area (Å²) in [4.78, 5) is 20.1. The van der Waals surface area contributed by atoms with E-state index >= 15 is 0 Å². The molecule has 6 aromatic rings. The molecule has 0 bridgehead atoms. The number of aryl methyl sites for hydroxylation is 1. The van der Waals surface area contributed by atoms with Crippen LogP contribution in [-0.2, 0) is 13.0 Å². The number of thiazole rings is 1. The zero-order valence-corrected chi connectivity index (χ0v) is 23.5. The summed E-state index contributed by atoms with van der Waals surface area (Å²) in [6, 6.07) is 33.5. The number of fused-ring (bicyclic) bond motifs is 4. The van der Waals surface area contributed by atoms with Crippen LogP contribution in [0.25, 0.3) is 22.7 Å². The van der Waals surface area contributed by atoms with E-state index in [-0.39, 0.29) is 17.4 Å². The SMILES string of the molecule is O=c1c(=Cc2cn(Cc3ccccc3F)c3ccccc23)sc2n1C(c1ccccc1)C1=C(N=2)c2ccccc2CC1. The van der Waals surface area contributed by atoms with Crippen LogP contribution >= 0.6 is 11.3 Å². The predicted octanol–water partition coefficient (Wildman–Crippen LogP) is 6.46. The maximum absolute atomic E-state index is 14.5. The van der Waals surface area contributed by atoms with Gasteiger partial charge in [-0.1, -0.05) is 102 Å². The van der Waals surface area contributed by atoms with Crippen molar-refractivity contribution in [3.8, 4) is 0 Å². The summed E-state index contributed by atoms with van der Waals surface area (Å²) in [6.07, 6.45) is 5.79. The van der Waals surface area contributed by atoms with Crippen LogP contribution in [0.1, 0.15) is 40.3 Å². The first-order valence-electron chi connectivity index (χ1n) is 14.1.